The van der Waals surface area contributed by atoms with Crippen LogP contribution in [0.5, 0.6) is 0 Å². The Morgan fingerprint density at radius 1 is 1.50 bits per heavy atom. The van der Waals surface area contributed by atoms with Gasteiger partial charge in [0.1, 0.15) is 11.8 Å². The second-order valence-electron chi connectivity index (χ2n) is 3.52. The summed E-state index contributed by atoms with van der Waals surface area (Å²) in [6.07, 6.45) is 2.06. The van der Waals surface area contributed by atoms with Gasteiger partial charge >= 0.3 is 0 Å². The molecule has 80 valence electrons. The maximum atomic E-state index is 13.3. The first-order chi connectivity index (χ1) is 6.61. The average Bonchev–Trinajstić information content (AvgIpc) is 2.48. The summed E-state index contributed by atoms with van der Waals surface area (Å²) in [6, 6.07) is 0. The van der Waals surface area contributed by atoms with E-state index >= 15 is 0 Å². The number of rotatable bonds is 4. The summed E-state index contributed by atoms with van der Waals surface area (Å²) >= 11 is 0. The highest BCUT2D eigenvalue weighted by molar-refractivity contribution is 5.08. The van der Waals surface area contributed by atoms with Crippen molar-refractivity contribution in [2.45, 2.75) is 32.8 Å². The Labute approximate surface area is 83.6 Å². The van der Waals surface area contributed by atoms with E-state index in [0.29, 0.717) is 5.69 Å². The third-order valence-corrected chi connectivity index (χ3v) is 2.71. The summed E-state index contributed by atoms with van der Waals surface area (Å²) in [6.45, 7) is 3.98. The molecule has 0 bridgehead atoms. The number of hydrogen-bond acceptors (Lipinski definition) is 2. The molecule has 4 heteroatoms. The van der Waals surface area contributed by atoms with Gasteiger partial charge in [0.15, 0.2) is 5.82 Å². The summed E-state index contributed by atoms with van der Waals surface area (Å²) in [5.74, 6) is -0.327. The van der Waals surface area contributed by atoms with Gasteiger partial charge in [0, 0.05) is 7.05 Å². The van der Waals surface area contributed by atoms with Crippen molar-refractivity contribution >= 4 is 0 Å². The van der Waals surface area contributed by atoms with E-state index in [2.05, 4.69) is 5.10 Å². The number of aryl methyl sites for hydroxylation is 1. The van der Waals surface area contributed by atoms with Gasteiger partial charge in [-0.2, -0.15) is 5.10 Å². The van der Waals surface area contributed by atoms with E-state index in [-0.39, 0.29) is 5.92 Å². The van der Waals surface area contributed by atoms with Crippen LogP contribution in [-0.2, 0) is 7.05 Å². The van der Waals surface area contributed by atoms with Crippen molar-refractivity contribution in [3.05, 3.63) is 17.7 Å². The molecular formula is C10H17FN2O. The average molecular weight is 200 g/mol. The predicted octanol–water partition coefficient (Wildman–Crippen LogP) is 2.03. The van der Waals surface area contributed by atoms with Gasteiger partial charge in [-0.1, -0.05) is 26.7 Å². The molecule has 14 heavy (non-hydrogen) atoms. The topological polar surface area (TPSA) is 38.1 Å². The van der Waals surface area contributed by atoms with E-state index in [0.717, 1.165) is 19.0 Å². The zero-order valence-electron chi connectivity index (χ0n) is 8.87. The highest BCUT2D eigenvalue weighted by Gasteiger charge is 2.23. The third-order valence-electron chi connectivity index (χ3n) is 2.71. The van der Waals surface area contributed by atoms with Crippen LogP contribution in [0.25, 0.3) is 0 Å². The Hall–Kier alpha value is -0.900. The molecule has 1 rings (SSSR count). The monoisotopic (exact) mass is 200 g/mol. The van der Waals surface area contributed by atoms with Gasteiger partial charge in [-0.25, -0.2) is 4.39 Å². The Morgan fingerprint density at radius 3 is 2.43 bits per heavy atom. The molecule has 1 aromatic heterocycles. The van der Waals surface area contributed by atoms with Gasteiger partial charge in [0.25, 0.3) is 0 Å². The van der Waals surface area contributed by atoms with Crippen molar-refractivity contribution in [1.82, 2.24) is 9.78 Å². The van der Waals surface area contributed by atoms with Crippen molar-refractivity contribution < 1.29 is 9.50 Å². The highest BCUT2D eigenvalue weighted by atomic mass is 19.1. The Kier molecular flexibility index (Phi) is 3.63. The van der Waals surface area contributed by atoms with Crippen LogP contribution in [-0.4, -0.2) is 14.9 Å². The molecule has 0 fully saturated rings. The second-order valence-corrected chi connectivity index (χ2v) is 3.52. The SMILES string of the molecule is CCC(CC)C(O)c1c(F)cnn1C. The predicted molar refractivity (Wildman–Crippen MR) is 52.2 cm³/mol. The minimum Gasteiger partial charge on any atom is -0.386 e. The van der Waals surface area contributed by atoms with Crippen molar-refractivity contribution in [1.29, 1.82) is 0 Å². The van der Waals surface area contributed by atoms with Gasteiger partial charge in [-0.05, 0) is 5.92 Å². The second kappa shape index (κ2) is 4.55. The van der Waals surface area contributed by atoms with Crippen LogP contribution < -0.4 is 0 Å². The summed E-state index contributed by atoms with van der Waals surface area (Å²) in [7, 11) is 1.64. The molecule has 1 aromatic rings. The first-order valence-electron chi connectivity index (χ1n) is 4.97. The quantitative estimate of drug-likeness (QED) is 0.807. The van der Waals surface area contributed by atoms with Crippen LogP contribution in [0.3, 0.4) is 0 Å². The van der Waals surface area contributed by atoms with E-state index in [1.807, 2.05) is 13.8 Å². The summed E-state index contributed by atoms with van der Waals surface area (Å²) in [5.41, 5.74) is 0.290. The lowest BCUT2D eigenvalue weighted by atomic mass is 9.94. The fourth-order valence-corrected chi connectivity index (χ4v) is 1.71. The van der Waals surface area contributed by atoms with Crippen LogP contribution in [0.2, 0.25) is 0 Å². The molecule has 3 nitrogen and oxygen atoms in total. The number of aromatic nitrogens is 2. The van der Waals surface area contributed by atoms with Gasteiger partial charge in [0.05, 0.1) is 6.20 Å². The zero-order chi connectivity index (χ0) is 10.7. The summed E-state index contributed by atoms with van der Waals surface area (Å²) in [4.78, 5) is 0. The van der Waals surface area contributed by atoms with Crippen LogP contribution in [0.1, 0.15) is 38.5 Å². The van der Waals surface area contributed by atoms with Gasteiger partial charge in [0.2, 0.25) is 0 Å². The molecule has 0 saturated carbocycles. The van der Waals surface area contributed by atoms with Crippen LogP contribution in [0.15, 0.2) is 6.20 Å². The number of aliphatic hydroxyl groups excluding tert-OH is 1. The van der Waals surface area contributed by atoms with E-state index in [9.17, 15) is 9.50 Å². The number of nitrogens with zero attached hydrogens (tertiary/aromatic N) is 2. The lowest BCUT2D eigenvalue weighted by Gasteiger charge is -2.20. The highest BCUT2D eigenvalue weighted by Crippen LogP contribution is 2.28. The maximum Gasteiger partial charge on any atom is 0.166 e. The molecule has 1 atom stereocenters. The van der Waals surface area contributed by atoms with Crippen molar-refractivity contribution in [2.24, 2.45) is 13.0 Å². The Morgan fingerprint density at radius 2 is 2.07 bits per heavy atom. The molecule has 0 aliphatic heterocycles. The van der Waals surface area contributed by atoms with E-state index in [1.165, 1.54) is 4.68 Å². The molecule has 0 aliphatic carbocycles. The van der Waals surface area contributed by atoms with Gasteiger partial charge in [-0.15, -0.1) is 0 Å². The van der Waals surface area contributed by atoms with Gasteiger partial charge in [-0.3, -0.25) is 4.68 Å². The normalized spacial score (nSPS) is 13.6. The van der Waals surface area contributed by atoms with Crippen molar-refractivity contribution in [3.63, 3.8) is 0 Å². The molecular weight excluding hydrogens is 183 g/mol. The summed E-state index contributed by atoms with van der Waals surface area (Å²) in [5, 5.41) is 13.7. The van der Waals surface area contributed by atoms with Crippen LogP contribution in [0, 0.1) is 11.7 Å². The first-order valence-corrected chi connectivity index (χ1v) is 4.97. The van der Waals surface area contributed by atoms with Crippen molar-refractivity contribution in [2.75, 3.05) is 0 Å². The standard InChI is InChI=1S/C10H17FN2O/c1-4-7(5-2)10(14)9-8(11)6-12-13(9)3/h6-7,10,14H,4-5H2,1-3H3. The molecule has 1 unspecified atom stereocenters. The summed E-state index contributed by atoms with van der Waals surface area (Å²) < 4.78 is 14.7. The minimum atomic E-state index is -0.752. The zero-order valence-corrected chi connectivity index (χ0v) is 8.87. The fraction of sp³-hybridized carbons (Fsp3) is 0.700. The fourth-order valence-electron chi connectivity index (χ4n) is 1.71. The Balaban J connectivity index is 2.92. The first kappa shape index (κ1) is 11.2. The molecule has 1 N–H and O–H groups in total. The minimum absolute atomic E-state index is 0.0971. The third kappa shape index (κ3) is 1.95. The largest absolute Gasteiger partial charge is 0.386 e. The molecule has 0 spiro atoms. The number of aliphatic hydroxyl groups is 1. The molecule has 0 amide bonds. The molecule has 0 radical (unpaired) electrons. The van der Waals surface area contributed by atoms with E-state index in [1.54, 1.807) is 7.05 Å². The smallest absolute Gasteiger partial charge is 0.166 e. The van der Waals surface area contributed by atoms with Crippen LogP contribution in [0.4, 0.5) is 4.39 Å². The maximum absolute atomic E-state index is 13.3. The Bertz CT molecular complexity index is 275. The molecule has 1 heterocycles. The molecule has 0 saturated heterocycles. The number of halogens is 1. The van der Waals surface area contributed by atoms with Crippen molar-refractivity contribution in [3.8, 4) is 0 Å². The van der Waals surface area contributed by atoms with Crippen LogP contribution >= 0.6 is 0 Å². The lowest BCUT2D eigenvalue weighted by molar-refractivity contribution is 0.0916. The van der Waals surface area contributed by atoms with E-state index < -0.39 is 11.9 Å². The molecule has 0 aromatic carbocycles. The lowest BCUT2D eigenvalue weighted by Crippen LogP contribution is -2.15. The van der Waals surface area contributed by atoms with E-state index in [4.69, 9.17) is 0 Å². The molecule has 0 aliphatic rings. The number of hydrogen-bond donors (Lipinski definition) is 1. The van der Waals surface area contributed by atoms with Gasteiger partial charge < -0.3 is 5.11 Å².